The van der Waals surface area contributed by atoms with E-state index in [1.54, 1.807) is 0 Å². The van der Waals surface area contributed by atoms with Crippen LogP contribution >= 0.6 is 46.9 Å². The van der Waals surface area contributed by atoms with Gasteiger partial charge in [-0.1, -0.05) is 23.2 Å². The van der Waals surface area contributed by atoms with Gasteiger partial charge in [-0.3, -0.25) is 0 Å². The smallest absolute Gasteiger partial charge is 0.245 e. The third kappa shape index (κ3) is 2.77. The van der Waals surface area contributed by atoms with Gasteiger partial charge in [-0.05, 0) is 31.0 Å². The summed E-state index contributed by atoms with van der Waals surface area (Å²) in [6, 6.07) is 1.44. The summed E-state index contributed by atoms with van der Waals surface area (Å²) in [5, 5.41) is 3.28. The zero-order valence-electron chi connectivity index (χ0n) is 9.80. The molecular formula is C10H13Cl3N2O2S2. The van der Waals surface area contributed by atoms with Gasteiger partial charge in [-0.2, -0.15) is 4.31 Å². The van der Waals surface area contributed by atoms with Crippen molar-refractivity contribution < 1.29 is 8.42 Å². The van der Waals surface area contributed by atoms with Crippen molar-refractivity contribution in [1.82, 2.24) is 9.62 Å². The molecule has 108 valence electrons. The first-order valence-corrected chi connectivity index (χ1v) is 8.65. The van der Waals surface area contributed by atoms with Gasteiger partial charge < -0.3 is 5.32 Å². The molecule has 0 aromatic carbocycles. The third-order valence-corrected chi connectivity index (χ3v) is 7.18. The summed E-state index contributed by atoms with van der Waals surface area (Å²) in [5.41, 5.74) is 0. The van der Waals surface area contributed by atoms with Crippen molar-refractivity contribution >= 4 is 57.0 Å². The van der Waals surface area contributed by atoms with Crippen LogP contribution in [0.3, 0.4) is 0 Å². The van der Waals surface area contributed by atoms with E-state index in [1.807, 2.05) is 0 Å². The quantitative estimate of drug-likeness (QED) is 0.877. The highest BCUT2D eigenvalue weighted by Gasteiger charge is 2.42. The molecule has 2 saturated heterocycles. The highest BCUT2D eigenvalue weighted by atomic mass is 35.5. The SMILES string of the molecule is Cl.O=S(=O)(c1cc(Cl)sc1Cl)N1C[C@H]2CNC[C@H]2C1. The summed E-state index contributed by atoms with van der Waals surface area (Å²) in [4.78, 5) is 0.145. The number of hydrogen-bond donors (Lipinski definition) is 1. The normalized spacial score (nSPS) is 27.3. The van der Waals surface area contributed by atoms with Gasteiger partial charge in [0.25, 0.3) is 0 Å². The highest BCUT2D eigenvalue weighted by molar-refractivity contribution is 7.89. The largest absolute Gasteiger partial charge is 0.316 e. The Balaban J connectivity index is 0.00000133. The van der Waals surface area contributed by atoms with Crippen molar-refractivity contribution in [2.75, 3.05) is 26.2 Å². The molecule has 2 aliphatic heterocycles. The van der Waals surface area contributed by atoms with Crippen LogP contribution in [0.5, 0.6) is 0 Å². The van der Waals surface area contributed by atoms with Gasteiger partial charge >= 0.3 is 0 Å². The Morgan fingerprint density at radius 3 is 2.32 bits per heavy atom. The monoisotopic (exact) mass is 362 g/mol. The number of halogens is 3. The maximum Gasteiger partial charge on any atom is 0.245 e. The summed E-state index contributed by atoms with van der Waals surface area (Å²) in [6.45, 7) is 2.94. The molecule has 19 heavy (non-hydrogen) atoms. The Labute approximate surface area is 132 Å². The van der Waals surface area contributed by atoms with Crippen LogP contribution in [0, 0.1) is 11.8 Å². The molecule has 0 radical (unpaired) electrons. The molecule has 1 N–H and O–H groups in total. The Bertz CT molecular complexity index is 563. The molecule has 0 unspecified atom stereocenters. The lowest BCUT2D eigenvalue weighted by atomic mass is 10.0. The van der Waals surface area contributed by atoms with E-state index < -0.39 is 10.0 Å². The molecule has 4 nitrogen and oxygen atoms in total. The van der Waals surface area contributed by atoms with Crippen LogP contribution < -0.4 is 5.32 Å². The Hall–Kier alpha value is 0.440. The van der Waals surface area contributed by atoms with Crippen LogP contribution in [0.4, 0.5) is 0 Å². The van der Waals surface area contributed by atoms with E-state index in [1.165, 1.54) is 10.4 Å². The van der Waals surface area contributed by atoms with Crippen LogP contribution in [0.25, 0.3) is 0 Å². The first kappa shape index (κ1) is 15.8. The second-order valence-electron chi connectivity index (χ2n) is 4.69. The molecule has 0 amide bonds. The molecule has 0 saturated carbocycles. The Morgan fingerprint density at radius 2 is 1.84 bits per heavy atom. The molecule has 2 fully saturated rings. The highest BCUT2D eigenvalue weighted by Crippen LogP contribution is 2.38. The molecule has 0 bridgehead atoms. The molecule has 3 heterocycles. The number of sulfonamides is 1. The maximum absolute atomic E-state index is 12.5. The van der Waals surface area contributed by atoms with E-state index >= 15 is 0 Å². The fourth-order valence-electron chi connectivity index (χ4n) is 2.65. The molecule has 2 atom stereocenters. The van der Waals surface area contributed by atoms with Gasteiger partial charge in [0.2, 0.25) is 10.0 Å². The molecular weight excluding hydrogens is 351 g/mol. The first-order valence-electron chi connectivity index (χ1n) is 5.64. The second-order valence-corrected chi connectivity index (χ2v) is 8.88. The number of nitrogens with one attached hydrogen (secondary N) is 1. The Kier molecular flexibility index (Phi) is 4.72. The van der Waals surface area contributed by atoms with E-state index in [-0.39, 0.29) is 21.6 Å². The fourth-order valence-corrected chi connectivity index (χ4v) is 6.32. The number of fused-ring (bicyclic) bond motifs is 1. The van der Waals surface area contributed by atoms with Crippen molar-refractivity contribution in [1.29, 1.82) is 0 Å². The summed E-state index contributed by atoms with van der Waals surface area (Å²) in [6.07, 6.45) is 0. The second kappa shape index (κ2) is 5.67. The van der Waals surface area contributed by atoms with Crippen LogP contribution in [0.2, 0.25) is 8.67 Å². The molecule has 1 aromatic rings. The molecule has 9 heteroatoms. The fraction of sp³-hybridized carbons (Fsp3) is 0.600. The van der Waals surface area contributed by atoms with Crippen molar-refractivity contribution in [3.63, 3.8) is 0 Å². The Morgan fingerprint density at radius 1 is 1.26 bits per heavy atom. The van der Waals surface area contributed by atoms with Gasteiger partial charge in [0.05, 0.1) is 4.34 Å². The van der Waals surface area contributed by atoms with Crippen LogP contribution in [0.1, 0.15) is 0 Å². The van der Waals surface area contributed by atoms with E-state index in [2.05, 4.69) is 5.32 Å². The van der Waals surface area contributed by atoms with Crippen LogP contribution in [0.15, 0.2) is 11.0 Å². The lowest BCUT2D eigenvalue weighted by Crippen LogP contribution is -2.31. The summed E-state index contributed by atoms with van der Waals surface area (Å²) < 4.78 is 27.1. The zero-order valence-corrected chi connectivity index (χ0v) is 13.8. The van der Waals surface area contributed by atoms with Crippen molar-refractivity contribution in [3.05, 3.63) is 14.7 Å². The van der Waals surface area contributed by atoms with E-state index in [4.69, 9.17) is 23.2 Å². The first-order chi connectivity index (χ1) is 8.48. The molecule has 1 aromatic heterocycles. The number of rotatable bonds is 2. The number of hydrogen-bond acceptors (Lipinski definition) is 4. The van der Waals surface area contributed by atoms with Crippen molar-refractivity contribution in [2.24, 2.45) is 11.8 Å². The minimum Gasteiger partial charge on any atom is -0.316 e. The van der Waals surface area contributed by atoms with Crippen molar-refractivity contribution in [2.45, 2.75) is 4.90 Å². The minimum absolute atomic E-state index is 0. The molecule has 0 aliphatic carbocycles. The third-order valence-electron chi connectivity index (χ3n) is 3.60. The van der Waals surface area contributed by atoms with Gasteiger partial charge in [-0.25, -0.2) is 8.42 Å². The van der Waals surface area contributed by atoms with Gasteiger partial charge in [0.15, 0.2) is 0 Å². The van der Waals surface area contributed by atoms with Crippen LogP contribution in [-0.4, -0.2) is 38.9 Å². The van der Waals surface area contributed by atoms with Crippen molar-refractivity contribution in [3.8, 4) is 0 Å². The lowest BCUT2D eigenvalue weighted by Gasteiger charge is -2.16. The lowest BCUT2D eigenvalue weighted by molar-refractivity contribution is 0.448. The number of thiophene rings is 1. The average Bonchev–Trinajstić information content (AvgIpc) is 2.90. The average molecular weight is 364 g/mol. The van der Waals surface area contributed by atoms with E-state index in [0.717, 1.165) is 24.4 Å². The summed E-state index contributed by atoms with van der Waals surface area (Å²) in [7, 11) is -3.49. The standard InChI is InChI=1S/C10H12Cl2N2O2S2.ClH/c11-9-1-8(10(12)17-9)18(15,16)14-4-6-2-13-3-7(6)5-14;/h1,6-7,13H,2-5H2;1H/t6-,7+;. The molecule has 2 aliphatic rings. The predicted molar refractivity (Wildman–Crippen MR) is 80.2 cm³/mol. The van der Waals surface area contributed by atoms with Crippen LogP contribution in [-0.2, 0) is 10.0 Å². The summed E-state index contributed by atoms with van der Waals surface area (Å²) >= 11 is 12.8. The minimum atomic E-state index is -3.49. The van der Waals surface area contributed by atoms with E-state index in [9.17, 15) is 8.42 Å². The molecule has 3 rings (SSSR count). The van der Waals surface area contributed by atoms with Gasteiger partial charge in [0, 0.05) is 13.1 Å². The van der Waals surface area contributed by atoms with Gasteiger partial charge in [0.1, 0.15) is 9.23 Å². The van der Waals surface area contributed by atoms with E-state index in [0.29, 0.717) is 29.3 Å². The maximum atomic E-state index is 12.5. The summed E-state index contributed by atoms with van der Waals surface area (Å²) in [5.74, 6) is 0.848. The topological polar surface area (TPSA) is 49.4 Å². The molecule has 0 spiro atoms. The number of nitrogens with zero attached hydrogens (tertiary/aromatic N) is 1. The zero-order chi connectivity index (χ0) is 12.9. The predicted octanol–water partition coefficient (Wildman–Crippen LogP) is 2.32. The van der Waals surface area contributed by atoms with Gasteiger partial charge in [-0.15, -0.1) is 23.7 Å².